The van der Waals surface area contributed by atoms with Crippen molar-refractivity contribution in [2.45, 2.75) is 13.3 Å². The Kier molecular flexibility index (Phi) is 3.65. The Balaban J connectivity index is 2.73. The van der Waals surface area contributed by atoms with Crippen LogP contribution in [0, 0.1) is 12.7 Å². The fourth-order valence-corrected chi connectivity index (χ4v) is 1.09. The van der Waals surface area contributed by atoms with E-state index in [0.29, 0.717) is 12.1 Å². The average Bonchev–Trinajstić information content (AvgIpc) is 2.12. The van der Waals surface area contributed by atoms with Crippen LogP contribution in [0.4, 0.5) is 4.39 Å². The van der Waals surface area contributed by atoms with Gasteiger partial charge in [-0.1, -0.05) is 18.2 Å². The lowest BCUT2D eigenvalue weighted by molar-refractivity contribution is 0.618. The van der Waals surface area contributed by atoms with Crippen LogP contribution in [0.25, 0.3) is 6.08 Å². The average molecular weight is 179 g/mol. The number of benzene rings is 1. The molecule has 0 aliphatic carbocycles. The molecular weight excluding hydrogens is 165 g/mol. The Morgan fingerprint density at radius 2 is 2.23 bits per heavy atom. The number of halogens is 1. The van der Waals surface area contributed by atoms with Crippen molar-refractivity contribution in [1.82, 2.24) is 0 Å². The van der Waals surface area contributed by atoms with Crippen LogP contribution >= 0.6 is 0 Å². The van der Waals surface area contributed by atoms with Crippen LogP contribution in [0.3, 0.4) is 0 Å². The molecule has 1 aromatic carbocycles. The van der Waals surface area contributed by atoms with Crippen molar-refractivity contribution in [2.24, 2.45) is 5.73 Å². The van der Waals surface area contributed by atoms with E-state index in [0.717, 1.165) is 12.0 Å². The molecule has 0 heterocycles. The number of nitrogens with two attached hydrogens (primary N) is 1. The maximum atomic E-state index is 12.8. The lowest BCUT2D eigenvalue weighted by atomic mass is 10.1. The summed E-state index contributed by atoms with van der Waals surface area (Å²) < 4.78 is 12.8. The van der Waals surface area contributed by atoms with E-state index in [4.69, 9.17) is 5.73 Å². The van der Waals surface area contributed by atoms with Gasteiger partial charge in [0.2, 0.25) is 0 Å². The summed E-state index contributed by atoms with van der Waals surface area (Å²) >= 11 is 0. The van der Waals surface area contributed by atoms with Crippen molar-refractivity contribution in [3.8, 4) is 0 Å². The van der Waals surface area contributed by atoms with Gasteiger partial charge in [-0.05, 0) is 43.1 Å². The first kappa shape index (κ1) is 9.93. The molecule has 2 N–H and O–H groups in total. The highest BCUT2D eigenvalue weighted by Crippen LogP contribution is 2.10. The molecule has 0 aliphatic rings. The molecule has 0 atom stereocenters. The predicted molar refractivity (Wildman–Crippen MR) is 53.8 cm³/mol. The molecule has 1 nitrogen and oxygen atoms in total. The van der Waals surface area contributed by atoms with Crippen molar-refractivity contribution in [3.63, 3.8) is 0 Å². The first-order chi connectivity index (χ1) is 6.24. The Bertz CT molecular complexity index is 305. The maximum Gasteiger partial charge on any atom is 0.126 e. The summed E-state index contributed by atoms with van der Waals surface area (Å²) in [6.45, 7) is 2.41. The zero-order valence-corrected chi connectivity index (χ0v) is 7.76. The summed E-state index contributed by atoms with van der Waals surface area (Å²) in [5.41, 5.74) is 7.03. The summed E-state index contributed by atoms with van der Waals surface area (Å²) in [4.78, 5) is 0. The molecule has 70 valence electrons. The summed E-state index contributed by atoms with van der Waals surface area (Å²) in [6.07, 6.45) is 4.81. The molecule has 0 aliphatic heterocycles. The Hall–Kier alpha value is -1.15. The van der Waals surface area contributed by atoms with Crippen molar-refractivity contribution in [3.05, 3.63) is 41.2 Å². The quantitative estimate of drug-likeness (QED) is 0.758. The van der Waals surface area contributed by atoms with E-state index in [1.165, 1.54) is 6.07 Å². The highest BCUT2D eigenvalue weighted by molar-refractivity contribution is 5.50. The molecule has 0 aromatic heterocycles. The first-order valence-electron chi connectivity index (χ1n) is 4.37. The SMILES string of the molecule is Cc1cc(/C=C/CCN)ccc1F. The normalized spacial score (nSPS) is 11.0. The van der Waals surface area contributed by atoms with Crippen molar-refractivity contribution in [2.75, 3.05) is 6.54 Å². The lowest BCUT2D eigenvalue weighted by Crippen LogP contribution is -1.94. The largest absolute Gasteiger partial charge is 0.330 e. The fourth-order valence-electron chi connectivity index (χ4n) is 1.09. The van der Waals surface area contributed by atoms with E-state index in [-0.39, 0.29) is 5.82 Å². The van der Waals surface area contributed by atoms with E-state index in [9.17, 15) is 4.39 Å². The van der Waals surface area contributed by atoms with Crippen molar-refractivity contribution < 1.29 is 4.39 Å². The van der Waals surface area contributed by atoms with Crippen LogP contribution in [-0.2, 0) is 0 Å². The van der Waals surface area contributed by atoms with Gasteiger partial charge in [0.1, 0.15) is 5.82 Å². The van der Waals surface area contributed by atoms with E-state index in [2.05, 4.69) is 0 Å². The van der Waals surface area contributed by atoms with Crippen LogP contribution in [0.5, 0.6) is 0 Å². The van der Waals surface area contributed by atoms with E-state index >= 15 is 0 Å². The Labute approximate surface area is 78.1 Å². The van der Waals surface area contributed by atoms with Crippen LogP contribution < -0.4 is 5.73 Å². The van der Waals surface area contributed by atoms with Gasteiger partial charge in [-0.2, -0.15) is 0 Å². The summed E-state index contributed by atoms with van der Waals surface area (Å²) in [5, 5.41) is 0. The number of hydrogen-bond acceptors (Lipinski definition) is 1. The standard InChI is InChI=1S/C11H14FN/c1-9-8-10(4-2-3-7-13)5-6-11(9)12/h2,4-6,8H,3,7,13H2,1H3/b4-2+. The van der Waals surface area contributed by atoms with Gasteiger partial charge in [0.25, 0.3) is 0 Å². The van der Waals surface area contributed by atoms with Crippen molar-refractivity contribution in [1.29, 1.82) is 0 Å². The highest BCUT2D eigenvalue weighted by Gasteiger charge is 1.95. The summed E-state index contributed by atoms with van der Waals surface area (Å²) in [7, 11) is 0. The zero-order chi connectivity index (χ0) is 9.68. The van der Waals surface area contributed by atoms with Gasteiger partial charge in [0.05, 0.1) is 0 Å². The number of aryl methyl sites for hydroxylation is 1. The Morgan fingerprint density at radius 3 is 2.85 bits per heavy atom. The molecule has 0 bridgehead atoms. The second-order valence-corrected chi connectivity index (χ2v) is 2.99. The van der Waals surface area contributed by atoms with Gasteiger partial charge in [0, 0.05) is 0 Å². The Morgan fingerprint density at radius 1 is 1.46 bits per heavy atom. The third-order valence-corrected chi connectivity index (χ3v) is 1.83. The van der Waals surface area contributed by atoms with Gasteiger partial charge >= 0.3 is 0 Å². The minimum absolute atomic E-state index is 0.157. The van der Waals surface area contributed by atoms with Gasteiger partial charge in [0.15, 0.2) is 0 Å². The molecule has 0 radical (unpaired) electrons. The number of hydrogen-bond donors (Lipinski definition) is 1. The maximum absolute atomic E-state index is 12.8. The lowest BCUT2D eigenvalue weighted by Gasteiger charge is -1.97. The minimum Gasteiger partial charge on any atom is -0.330 e. The predicted octanol–water partition coefficient (Wildman–Crippen LogP) is 2.50. The molecule has 2 heteroatoms. The highest BCUT2D eigenvalue weighted by atomic mass is 19.1. The molecule has 13 heavy (non-hydrogen) atoms. The summed E-state index contributed by atoms with van der Waals surface area (Å²) in [6, 6.07) is 5.06. The monoisotopic (exact) mass is 179 g/mol. The van der Waals surface area contributed by atoms with E-state index < -0.39 is 0 Å². The molecule has 0 saturated heterocycles. The van der Waals surface area contributed by atoms with Crippen LogP contribution in [0.1, 0.15) is 17.5 Å². The second-order valence-electron chi connectivity index (χ2n) is 2.99. The molecular formula is C11H14FN. The van der Waals surface area contributed by atoms with Gasteiger partial charge in [-0.25, -0.2) is 4.39 Å². The van der Waals surface area contributed by atoms with Gasteiger partial charge < -0.3 is 5.73 Å². The van der Waals surface area contributed by atoms with Crippen LogP contribution in [0.2, 0.25) is 0 Å². The number of rotatable bonds is 3. The van der Waals surface area contributed by atoms with Crippen LogP contribution in [0.15, 0.2) is 24.3 Å². The molecule has 1 rings (SSSR count). The molecule has 0 fully saturated rings. The first-order valence-corrected chi connectivity index (χ1v) is 4.37. The zero-order valence-electron chi connectivity index (χ0n) is 7.76. The van der Waals surface area contributed by atoms with E-state index in [1.54, 1.807) is 13.0 Å². The van der Waals surface area contributed by atoms with E-state index in [1.807, 2.05) is 18.2 Å². The minimum atomic E-state index is -0.157. The topological polar surface area (TPSA) is 26.0 Å². The third-order valence-electron chi connectivity index (χ3n) is 1.83. The van der Waals surface area contributed by atoms with Gasteiger partial charge in [-0.15, -0.1) is 0 Å². The third kappa shape index (κ3) is 2.99. The molecule has 1 aromatic rings. The molecule has 0 spiro atoms. The van der Waals surface area contributed by atoms with Crippen molar-refractivity contribution >= 4 is 6.08 Å². The van der Waals surface area contributed by atoms with Gasteiger partial charge in [-0.3, -0.25) is 0 Å². The molecule has 0 saturated carbocycles. The second kappa shape index (κ2) is 4.77. The summed E-state index contributed by atoms with van der Waals surface area (Å²) in [5.74, 6) is -0.157. The fraction of sp³-hybridized carbons (Fsp3) is 0.273. The smallest absolute Gasteiger partial charge is 0.126 e. The van der Waals surface area contributed by atoms with Crippen LogP contribution in [-0.4, -0.2) is 6.54 Å². The molecule has 0 amide bonds. The molecule has 0 unspecified atom stereocenters.